The molecular weight excluding hydrogens is 849 g/mol. The molecule has 0 aliphatic heterocycles. The van der Waals surface area contributed by atoms with E-state index in [2.05, 4.69) is 9.98 Å². The van der Waals surface area contributed by atoms with E-state index in [1.807, 2.05) is 18.2 Å². The van der Waals surface area contributed by atoms with Crippen LogP contribution in [-0.2, 0) is 37.7 Å². The van der Waals surface area contributed by atoms with Crippen LogP contribution in [0.4, 0.5) is 5.00 Å². The third-order valence-corrected chi connectivity index (χ3v) is 16.0. The number of fused-ring (bicyclic) bond motifs is 9. The first-order valence-corrected chi connectivity index (χ1v) is 22.1. The fraction of sp³-hybridized carbons (Fsp3) is 0.0638. The topological polar surface area (TPSA) is 146 Å². The molecule has 4 aromatic heterocycles. The smallest absolute Gasteiger partial charge is 0.334 e. The van der Waals surface area contributed by atoms with E-state index < -0.39 is 44.4 Å². The second-order valence-electron chi connectivity index (χ2n) is 14.4. The molecule has 10 aromatic rings. The summed E-state index contributed by atoms with van der Waals surface area (Å²) in [5.74, 6) is -1.94. The molecule has 0 saturated carbocycles. The van der Waals surface area contributed by atoms with Crippen molar-refractivity contribution in [1.29, 1.82) is 0 Å². The largest absolute Gasteiger partial charge is 0.459 e. The van der Waals surface area contributed by atoms with Crippen LogP contribution in [0.3, 0.4) is 0 Å². The molecule has 294 valence electrons. The summed E-state index contributed by atoms with van der Waals surface area (Å²) in [6.45, 7) is -0.361. The highest BCUT2D eigenvalue weighted by Gasteiger charge is 2.60. The number of hydrogen-bond acceptors (Lipinski definition) is 14. The molecule has 0 bridgehead atoms. The highest BCUT2D eigenvalue weighted by molar-refractivity contribution is 7.45. The standard InChI is InChI=1S/C47H24N2O8S4/c50-36-25-15-7-8-16-26(25)37(51)34(36)48-31-19-29-33(47(31,45(54)56-21-23-11-3-1-4-12-23)46(55)57-22-24-13-5-2-6-14-24)41-43(58-29)44-42(61-41)40-30(59-44)20-32(60-40)49-35-38(52)27-17-9-10-18-28(27)39(35)53/h1-20H,21-22H2. The monoisotopic (exact) mass is 872 g/mol. The van der Waals surface area contributed by atoms with Crippen molar-refractivity contribution in [2.24, 2.45) is 9.98 Å². The Morgan fingerprint density at radius 1 is 0.508 bits per heavy atom. The third-order valence-electron chi connectivity index (χ3n) is 10.8. The van der Waals surface area contributed by atoms with Gasteiger partial charge in [-0.15, -0.1) is 45.3 Å². The Balaban J connectivity index is 1.12. The third kappa shape index (κ3) is 5.63. The lowest BCUT2D eigenvalue weighted by Gasteiger charge is -2.27. The van der Waals surface area contributed by atoms with E-state index in [0.717, 1.165) is 23.5 Å². The summed E-state index contributed by atoms with van der Waals surface area (Å²) in [6.07, 6.45) is 1.58. The van der Waals surface area contributed by atoms with E-state index in [1.165, 1.54) is 45.3 Å². The van der Waals surface area contributed by atoms with Gasteiger partial charge in [-0.2, -0.15) is 0 Å². The second-order valence-corrected chi connectivity index (χ2v) is 18.5. The van der Waals surface area contributed by atoms with Crippen LogP contribution in [0.2, 0.25) is 0 Å². The van der Waals surface area contributed by atoms with Crippen molar-refractivity contribution in [2.75, 3.05) is 0 Å². The van der Waals surface area contributed by atoms with Gasteiger partial charge in [-0.25, -0.2) is 9.98 Å². The van der Waals surface area contributed by atoms with Gasteiger partial charge in [0.05, 0.1) is 29.2 Å². The Kier molecular flexibility index (Phi) is 8.61. The van der Waals surface area contributed by atoms with Gasteiger partial charge in [-0.3, -0.25) is 28.8 Å². The van der Waals surface area contributed by atoms with Crippen LogP contribution >= 0.6 is 45.3 Å². The lowest BCUT2D eigenvalue weighted by molar-refractivity contribution is -0.164. The minimum absolute atomic E-state index is 0.133. The predicted octanol–water partition coefficient (Wildman–Crippen LogP) is 7.80. The number of thiophene rings is 4. The van der Waals surface area contributed by atoms with Crippen LogP contribution in [0.1, 0.15) is 21.6 Å². The molecule has 0 unspecified atom stereocenters. The highest BCUT2D eigenvalue weighted by Crippen LogP contribution is 2.58. The summed E-state index contributed by atoms with van der Waals surface area (Å²) >= 11 is 5.57. The molecule has 6 aromatic carbocycles. The summed E-state index contributed by atoms with van der Waals surface area (Å²) in [5.41, 5.74) is -2.91. The molecule has 0 fully saturated rings. The summed E-state index contributed by atoms with van der Waals surface area (Å²) in [6, 6.07) is 32.9. The van der Waals surface area contributed by atoms with E-state index in [-0.39, 0.29) is 35.0 Å². The molecule has 0 amide bonds. The molecule has 4 heterocycles. The number of benzene rings is 4. The van der Waals surface area contributed by atoms with Crippen molar-refractivity contribution in [3.8, 4) is 0 Å². The first-order chi connectivity index (χ1) is 29.7. The molecule has 14 heteroatoms. The van der Waals surface area contributed by atoms with Crippen molar-refractivity contribution < 1.29 is 19.1 Å². The molecule has 0 atom stereocenters. The van der Waals surface area contributed by atoms with E-state index in [9.17, 15) is 19.2 Å². The number of esters is 2. The molecular formula is C47H24N2O8S4. The SMILES string of the molecule is O=C(OCc1ccccc1)C1(C(=O)OCc2ccccc2)C(N=c2c(=O)c3ccccc3c2=O)=Cc2sc3c(sc4c5sc(N=c6c(=O)c7ccccc7c6=O)cc5sc34)c21. The van der Waals surface area contributed by atoms with Crippen molar-refractivity contribution in [1.82, 2.24) is 0 Å². The van der Waals surface area contributed by atoms with Crippen molar-refractivity contribution in [3.63, 3.8) is 0 Å². The van der Waals surface area contributed by atoms with Gasteiger partial charge >= 0.3 is 11.9 Å². The molecule has 0 radical (unpaired) electrons. The van der Waals surface area contributed by atoms with Gasteiger partial charge < -0.3 is 9.47 Å². The van der Waals surface area contributed by atoms with E-state index in [1.54, 1.807) is 103 Å². The zero-order valence-electron chi connectivity index (χ0n) is 31.3. The summed E-state index contributed by atoms with van der Waals surface area (Å²) in [5, 5.41) is 0.962. The Bertz CT molecular complexity index is 3700. The number of carbonyl (C=O) groups is 2. The number of ether oxygens (including phenoxy) is 2. The number of nitrogens with zero attached hydrogens (tertiary/aromatic N) is 2. The van der Waals surface area contributed by atoms with Crippen LogP contribution in [0, 0.1) is 0 Å². The minimum atomic E-state index is -2.34. The zero-order valence-corrected chi connectivity index (χ0v) is 34.5. The maximum Gasteiger partial charge on any atom is 0.334 e. The van der Waals surface area contributed by atoms with Gasteiger partial charge in [0.15, 0.2) is 10.7 Å². The second kappa shape index (κ2) is 14.1. The Morgan fingerprint density at radius 2 is 0.967 bits per heavy atom. The zero-order chi connectivity index (χ0) is 41.6. The maximum absolute atomic E-state index is 15.1. The Hall–Kier alpha value is -6.84. The van der Waals surface area contributed by atoms with Crippen LogP contribution in [0.5, 0.6) is 0 Å². The van der Waals surface area contributed by atoms with Crippen LogP contribution in [0.15, 0.2) is 150 Å². The van der Waals surface area contributed by atoms with Gasteiger partial charge in [0.1, 0.15) is 18.2 Å². The highest BCUT2D eigenvalue weighted by atomic mass is 32.1. The van der Waals surface area contributed by atoms with Gasteiger partial charge in [0.2, 0.25) is 27.1 Å². The lowest BCUT2D eigenvalue weighted by atomic mass is 9.81. The first-order valence-electron chi connectivity index (χ1n) is 18.8. The molecule has 0 saturated heterocycles. The average molecular weight is 873 g/mol. The molecule has 1 aliphatic carbocycles. The van der Waals surface area contributed by atoms with Gasteiger partial charge in [0, 0.05) is 36.7 Å². The summed E-state index contributed by atoms with van der Waals surface area (Å²) < 4.78 is 17.1. The number of rotatable bonds is 8. The Morgan fingerprint density at radius 3 is 1.49 bits per heavy atom. The number of hydrogen-bond donors (Lipinski definition) is 0. The van der Waals surface area contributed by atoms with Crippen LogP contribution in [-0.4, -0.2) is 11.9 Å². The van der Waals surface area contributed by atoms with E-state index >= 15 is 9.59 Å². The summed E-state index contributed by atoms with van der Waals surface area (Å²) in [4.78, 5) is 93.7. The molecule has 0 N–H and O–H groups in total. The fourth-order valence-corrected chi connectivity index (χ4v) is 13.7. The summed E-state index contributed by atoms with van der Waals surface area (Å²) in [7, 11) is 0. The van der Waals surface area contributed by atoms with E-state index in [4.69, 9.17) is 9.47 Å². The van der Waals surface area contributed by atoms with Crippen LogP contribution < -0.4 is 32.4 Å². The fourth-order valence-electron chi connectivity index (χ4n) is 7.94. The number of carbonyl (C=O) groups excluding carboxylic acids is 2. The molecule has 1 aliphatic rings. The Labute approximate surface area is 357 Å². The van der Waals surface area contributed by atoms with Crippen molar-refractivity contribution in [2.45, 2.75) is 18.6 Å². The maximum atomic E-state index is 15.1. The quantitative estimate of drug-likeness (QED) is 0.111. The molecule has 0 spiro atoms. The van der Waals surface area contributed by atoms with Gasteiger partial charge in [0.25, 0.3) is 0 Å². The molecule has 11 rings (SSSR count). The normalized spacial score (nSPS) is 13.3. The van der Waals surface area contributed by atoms with E-state index in [0.29, 0.717) is 42.0 Å². The molecule has 61 heavy (non-hydrogen) atoms. The van der Waals surface area contributed by atoms with Crippen LogP contribution in [0.25, 0.3) is 55.8 Å². The predicted molar refractivity (Wildman–Crippen MR) is 241 cm³/mol. The lowest BCUT2D eigenvalue weighted by Crippen LogP contribution is -2.47. The van der Waals surface area contributed by atoms with Crippen molar-refractivity contribution in [3.05, 3.63) is 194 Å². The van der Waals surface area contributed by atoms with Gasteiger partial charge in [-0.05, 0) is 23.3 Å². The van der Waals surface area contributed by atoms with Crippen molar-refractivity contribution >= 4 is 118 Å². The first kappa shape index (κ1) is 37.2. The van der Waals surface area contributed by atoms with Gasteiger partial charge in [-0.1, -0.05) is 109 Å². The average Bonchev–Trinajstić information content (AvgIpc) is 4.14. The minimum Gasteiger partial charge on any atom is -0.459 e. The molecule has 10 nitrogen and oxygen atoms in total.